The van der Waals surface area contributed by atoms with Crippen molar-refractivity contribution in [1.29, 1.82) is 0 Å². The molecule has 1 aliphatic rings. The predicted molar refractivity (Wildman–Crippen MR) is 141 cm³/mol. The van der Waals surface area contributed by atoms with Gasteiger partial charge < -0.3 is 19.5 Å². The van der Waals surface area contributed by atoms with Gasteiger partial charge in [0, 0.05) is 44.4 Å². The van der Waals surface area contributed by atoms with Crippen LogP contribution in [-0.2, 0) is 15.7 Å². The molecule has 36 heavy (non-hydrogen) atoms. The molecule has 1 aliphatic heterocycles. The molecule has 5 nitrogen and oxygen atoms in total. The maximum absolute atomic E-state index is 14.7. The molecule has 1 atom stereocenters. The van der Waals surface area contributed by atoms with Gasteiger partial charge in [0.15, 0.2) is 8.32 Å². The molecule has 0 unspecified atom stereocenters. The first kappa shape index (κ1) is 26.7. The number of rotatable bonds is 7. The van der Waals surface area contributed by atoms with E-state index in [9.17, 15) is 8.78 Å². The topological polar surface area (TPSA) is 62.3 Å². The van der Waals surface area contributed by atoms with Gasteiger partial charge in [-0.05, 0) is 41.9 Å². The molecule has 0 aliphatic carbocycles. The van der Waals surface area contributed by atoms with E-state index in [0.29, 0.717) is 44.1 Å². The average molecular weight is 514 g/mol. The number of hydrogen-bond acceptors (Lipinski definition) is 4. The van der Waals surface area contributed by atoms with Gasteiger partial charge in [-0.3, -0.25) is 0 Å². The highest BCUT2D eigenvalue weighted by atomic mass is 28.4. The Morgan fingerprint density at radius 2 is 1.78 bits per heavy atom. The lowest BCUT2D eigenvalue weighted by Gasteiger charge is -2.49. The molecule has 0 radical (unpaired) electrons. The van der Waals surface area contributed by atoms with Crippen molar-refractivity contribution in [2.45, 2.75) is 69.9 Å². The zero-order valence-electron chi connectivity index (χ0n) is 21.9. The maximum atomic E-state index is 14.7. The minimum atomic E-state index is -2.21. The van der Waals surface area contributed by atoms with Gasteiger partial charge in [-0.1, -0.05) is 51.1 Å². The number of ether oxygens (including phenoxy) is 1. The molecule has 1 saturated heterocycles. The van der Waals surface area contributed by atoms with Crippen LogP contribution in [0.4, 0.5) is 8.78 Å². The summed E-state index contributed by atoms with van der Waals surface area (Å²) in [4.78, 5) is 4.82. The minimum Gasteiger partial charge on any atom is -0.409 e. The molecule has 2 heterocycles. The second kappa shape index (κ2) is 10.2. The van der Waals surface area contributed by atoms with E-state index in [1.54, 1.807) is 6.20 Å². The first-order valence-electron chi connectivity index (χ1n) is 12.5. The Morgan fingerprint density at radius 3 is 2.42 bits per heavy atom. The Labute approximate surface area is 213 Å². The van der Waals surface area contributed by atoms with E-state index >= 15 is 0 Å². The number of aromatic nitrogens is 2. The van der Waals surface area contributed by atoms with E-state index in [-0.39, 0.29) is 10.6 Å². The molecule has 0 amide bonds. The first-order chi connectivity index (χ1) is 16.9. The quantitative estimate of drug-likeness (QED) is 0.369. The lowest BCUT2D eigenvalue weighted by Crippen LogP contribution is -2.57. The van der Waals surface area contributed by atoms with Gasteiger partial charge in [-0.25, -0.2) is 13.8 Å². The standard InChI is InChI=1S/C28H37F2N3O2Si/c1-27(2,3)36(4,5)35-28(13-15-34-16-14-28)25(31)26-32-24(22-17-21(29)11-12-23(22)30)19-33(26)18-20-9-7-6-8-10-20/h6-12,17,19,25H,13-16,18,31H2,1-5H3/t25-/m0/s1. The summed E-state index contributed by atoms with van der Waals surface area (Å²) in [5.74, 6) is -0.450. The van der Waals surface area contributed by atoms with Gasteiger partial charge >= 0.3 is 0 Å². The molecule has 0 saturated carbocycles. The molecule has 194 valence electrons. The van der Waals surface area contributed by atoms with Crippen molar-refractivity contribution < 1.29 is 17.9 Å². The molecule has 1 fully saturated rings. The SMILES string of the molecule is CC(C)(C)[Si](C)(C)OC1([C@@H](N)c2nc(-c3cc(F)ccc3F)cn2Cc2ccccc2)CCOCC1. The Bertz CT molecular complexity index is 1190. The van der Waals surface area contributed by atoms with Gasteiger partial charge in [0.1, 0.15) is 17.5 Å². The van der Waals surface area contributed by atoms with Crippen LogP contribution in [0, 0.1) is 11.6 Å². The summed E-state index contributed by atoms with van der Waals surface area (Å²) in [6.45, 7) is 12.7. The van der Waals surface area contributed by atoms with Crippen molar-refractivity contribution in [3.63, 3.8) is 0 Å². The highest BCUT2D eigenvalue weighted by Gasteiger charge is 2.49. The minimum absolute atomic E-state index is 0.00661. The Hall–Kier alpha value is -2.39. The summed E-state index contributed by atoms with van der Waals surface area (Å²) in [6, 6.07) is 12.8. The normalized spacial score (nSPS) is 17.2. The summed E-state index contributed by atoms with van der Waals surface area (Å²) < 4.78 is 43.5. The van der Waals surface area contributed by atoms with Gasteiger partial charge in [-0.2, -0.15) is 0 Å². The molecule has 8 heteroatoms. The lowest BCUT2D eigenvalue weighted by molar-refractivity contribution is -0.0713. The molecule has 1 aromatic heterocycles. The second-order valence-corrected chi connectivity index (χ2v) is 16.0. The van der Waals surface area contributed by atoms with Crippen LogP contribution in [0.5, 0.6) is 0 Å². The van der Waals surface area contributed by atoms with Crippen LogP contribution < -0.4 is 5.73 Å². The highest BCUT2D eigenvalue weighted by Crippen LogP contribution is 2.45. The molecule has 2 N–H and O–H groups in total. The summed E-state index contributed by atoms with van der Waals surface area (Å²) in [6.07, 6.45) is 3.05. The van der Waals surface area contributed by atoms with E-state index in [1.165, 1.54) is 6.07 Å². The first-order valence-corrected chi connectivity index (χ1v) is 15.4. The maximum Gasteiger partial charge on any atom is 0.192 e. The second-order valence-electron chi connectivity index (χ2n) is 11.2. The van der Waals surface area contributed by atoms with Crippen LogP contribution in [0.3, 0.4) is 0 Å². The number of nitrogens with two attached hydrogens (primary N) is 1. The third-order valence-corrected chi connectivity index (χ3v) is 12.2. The molecule has 4 rings (SSSR count). The third-order valence-electron chi connectivity index (χ3n) is 7.66. The largest absolute Gasteiger partial charge is 0.409 e. The van der Waals surface area contributed by atoms with E-state index < -0.39 is 31.6 Å². The van der Waals surface area contributed by atoms with Crippen LogP contribution in [0.1, 0.15) is 51.0 Å². The van der Waals surface area contributed by atoms with Crippen LogP contribution >= 0.6 is 0 Å². The fraction of sp³-hybridized carbons (Fsp3) is 0.464. The van der Waals surface area contributed by atoms with E-state index in [0.717, 1.165) is 17.7 Å². The fourth-order valence-corrected chi connectivity index (χ4v) is 6.15. The Kier molecular flexibility index (Phi) is 7.53. The monoisotopic (exact) mass is 513 g/mol. The van der Waals surface area contributed by atoms with Crippen molar-refractivity contribution >= 4 is 8.32 Å². The summed E-state index contributed by atoms with van der Waals surface area (Å²) in [5, 5.41) is -0.00661. The summed E-state index contributed by atoms with van der Waals surface area (Å²) >= 11 is 0. The van der Waals surface area contributed by atoms with Gasteiger partial charge in [-0.15, -0.1) is 0 Å². The lowest BCUT2D eigenvalue weighted by atomic mass is 9.86. The number of imidazole rings is 1. The fourth-order valence-electron chi connectivity index (χ4n) is 4.50. The van der Waals surface area contributed by atoms with Gasteiger partial charge in [0.25, 0.3) is 0 Å². The molecule has 0 spiro atoms. The van der Waals surface area contributed by atoms with E-state index in [1.807, 2.05) is 34.9 Å². The van der Waals surface area contributed by atoms with Crippen LogP contribution in [0.25, 0.3) is 11.3 Å². The number of nitrogens with zero attached hydrogens (tertiary/aromatic N) is 2. The zero-order chi connectivity index (χ0) is 26.1. The smallest absolute Gasteiger partial charge is 0.192 e. The predicted octanol–water partition coefficient (Wildman–Crippen LogP) is 6.45. The van der Waals surface area contributed by atoms with Crippen LogP contribution in [-0.4, -0.2) is 36.7 Å². The van der Waals surface area contributed by atoms with Crippen LogP contribution in [0.15, 0.2) is 54.7 Å². The Balaban J connectivity index is 1.81. The van der Waals surface area contributed by atoms with Gasteiger partial charge in [0.05, 0.1) is 17.3 Å². The van der Waals surface area contributed by atoms with E-state index in [4.69, 9.17) is 19.9 Å². The van der Waals surface area contributed by atoms with Crippen molar-refractivity contribution in [2.75, 3.05) is 13.2 Å². The molecule has 3 aromatic rings. The average Bonchev–Trinajstić information content (AvgIpc) is 3.23. The number of halogens is 2. The highest BCUT2D eigenvalue weighted by molar-refractivity contribution is 6.74. The molecular weight excluding hydrogens is 476 g/mol. The summed E-state index contributed by atoms with van der Waals surface area (Å²) in [7, 11) is -2.21. The third kappa shape index (κ3) is 5.46. The number of benzene rings is 2. The van der Waals surface area contributed by atoms with E-state index in [2.05, 4.69) is 33.9 Å². The molecular formula is C28H37F2N3O2Si. The van der Waals surface area contributed by atoms with Crippen LogP contribution in [0.2, 0.25) is 18.1 Å². The Morgan fingerprint density at radius 1 is 1.11 bits per heavy atom. The van der Waals surface area contributed by atoms with Crippen molar-refractivity contribution in [3.8, 4) is 11.3 Å². The number of hydrogen-bond donors (Lipinski definition) is 1. The van der Waals surface area contributed by atoms with Gasteiger partial charge in [0.2, 0.25) is 0 Å². The summed E-state index contributed by atoms with van der Waals surface area (Å²) in [5.41, 5.74) is 7.91. The van der Waals surface area contributed by atoms with Crippen molar-refractivity contribution in [1.82, 2.24) is 9.55 Å². The van der Waals surface area contributed by atoms with Crippen molar-refractivity contribution in [3.05, 3.63) is 77.8 Å². The van der Waals surface area contributed by atoms with Crippen molar-refractivity contribution in [2.24, 2.45) is 5.73 Å². The molecule has 0 bridgehead atoms. The molecule has 2 aromatic carbocycles. The zero-order valence-corrected chi connectivity index (χ0v) is 22.9.